The third-order valence-corrected chi connectivity index (χ3v) is 2.83. The van der Waals surface area contributed by atoms with Gasteiger partial charge in [0.15, 0.2) is 0 Å². The van der Waals surface area contributed by atoms with Crippen molar-refractivity contribution >= 4 is 17.7 Å². The summed E-state index contributed by atoms with van der Waals surface area (Å²) in [4.78, 5) is 19.1. The molecule has 6 heteroatoms. The molecular formula is C10H11N3O2S. The van der Waals surface area contributed by atoms with E-state index in [0.29, 0.717) is 16.5 Å². The molecule has 0 spiro atoms. The lowest BCUT2D eigenvalue weighted by atomic mass is 10.2. The molecule has 0 aliphatic carbocycles. The molecule has 1 N–H and O–H groups in total. The molecule has 1 heterocycles. The van der Waals surface area contributed by atoms with Gasteiger partial charge in [0.1, 0.15) is 16.4 Å². The Bertz CT molecular complexity index is 468. The number of aromatic carboxylic acids is 1. The predicted octanol–water partition coefficient (Wildman–Crippen LogP) is 1.80. The average Bonchev–Trinajstić information content (AvgIpc) is 2.15. The largest absolute Gasteiger partial charge is 0.478 e. The Morgan fingerprint density at radius 2 is 2.12 bits per heavy atom. The van der Waals surface area contributed by atoms with Crippen molar-refractivity contribution < 1.29 is 9.90 Å². The second-order valence-electron chi connectivity index (χ2n) is 3.23. The van der Waals surface area contributed by atoms with Gasteiger partial charge in [-0.3, -0.25) is 0 Å². The van der Waals surface area contributed by atoms with E-state index in [1.807, 2.05) is 6.07 Å². The number of aromatic nitrogens is 2. The second-order valence-corrected chi connectivity index (χ2v) is 4.56. The zero-order valence-electron chi connectivity index (χ0n) is 9.18. The first kappa shape index (κ1) is 12.5. The highest BCUT2D eigenvalue weighted by Gasteiger charge is 2.19. The van der Waals surface area contributed by atoms with E-state index in [9.17, 15) is 4.79 Å². The summed E-state index contributed by atoms with van der Waals surface area (Å²) in [6.45, 7) is 5.02. The van der Waals surface area contributed by atoms with Crippen LogP contribution in [0.25, 0.3) is 0 Å². The molecule has 0 saturated carbocycles. The van der Waals surface area contributed by atoms with Crippen molar-refractivity contribution in [3.8, 4) is 6.07 Å². The number of hydrogen-bond acceptors (Lipinski definition) is 5. The van der Waals surface area contributed by atoms with Gasteiger partial charge >= 0.3 is 5.97 Å². The molecule has 0 radical (unpaired) electrons. The number of aryl methyl sites for hydroxylation is 2. The van der Waals surface area contributed by atoms with Crippen LogP contribution >= 0.6 is 11.8 Å². The Hall–Kier alpha value is -1.61. The van der Waals surface area contributed by atoms with Gasteiger partial charge in [-0.1, -0.05) is 11.8 Å². The molecule has 84 valence electrons. The molecule has 5 nitrogen and oxygen atoms in total. The van der Waals surface area contributed by atoms with E-state index >= 15 is 0 Å². The number of thioether (sulfide) groups is 1. The Kier molecular flexibility index (Phi) is 3.85. The van der Waals surface area contributed by atoms with Crippen LogP contribution in [0.1, 0.15) is 28.8 Å². The SMILES string of the molecule is Cc1nc(C)c(C(=O)O)c(SC(C)C#N)n1. The van der Waals surface area contributed by atoms with Crippen molar-refractivity contribution in [2.45, 2.75) is 31.0 Å². The van der Waals surface area contributed by atoms with Crippen LogP contribution in [0.15, 0.2) is 5.03 Å². The summed E-state index contributed by atoms with van der Waals surface area (Å²) in [5, 5.41) is 17.8. The van der Waals surface area contributed by atoms with Crippen molar-refractivity contribution in [3.05, 3.63) is 17.1 Å². The molecular weight excluding hydrogens is 226 g/mol. The number of carbonyl (C=O) groups is 1. The van der Waals surface area contributed by atoms with Gasteiger partial charge in [0.25, 0.3) is 0 Å². The normalized spacial score (nSPS) is 11.9. The Morgan fingerprint density at radius 1 is 1.50 bits per heavy atom. The number of carboxylic acid groups (broad SMARTS) is 1. The van der Waals surface area contributed by atoms with Crippen LogP contribution in [0.5, 0.6) is 0 Å². The molecule has 1 atom stereocenters. The van der Waals surface area contributed by atoms with E-state index in [4.69, 9.17) is 10.4 Å². The Balaban J connectivity index is 3.25. The molecule has 1 aromatic heterocycles. The summed E-state index contributed by atoms with van der Waals surface area (Å²) in [5.74, 6) is -0.555. The molecule has 0 amide bonds. The summed E-state index contributed by atoms with van der Waals surface area (Å²) < 4.78 is 0. The Morgan fingerprint density at radius 3 is 2.62 bits per heavy atom. The lowest BCUT2D eigenvalue weighted by molar-refractivity contribution is 0.0690. The first-order valence-corrected chi connectivity index (χ1v) is 5.48. The van der Waals surface area contributed by atoms with Crippen molar-refractivity contribution in [2.24, 2.45) is 0 Å². The molecule has 0 aromatic carbocycles. The van der Waals surface area contributed by atoms with Crippen molar-refractivity contribution in [2.75, 3.05) is 0 Å². The summed E-state index contributed by atoms with van der Waals surface area (Å²) in [6.07, 6.45) is 0. The fourth-order valence-electron chi connectivity index (χ4n) is 1.21. The molecule has 1 unspecified atom stereocenters. The van der Waals surface area contributed by atoms with Gasteiger partial charge in [-0.25, -0.2) is 14.8 Å². The van der Waals surface area contributed by atoms with Gasteiger partial charge in [0.05, 0.1) is 17.0 Å². The summed E-state index contributed by atoms with van der Waals surface area (Å²) in [6, 6.07) is 2.03. The quantitative estimate of drug-likeness (QED) is 0.637. The monoisotopic (exact) mass is 237 g/mol. The lowest BCUT2D eigenvalue weighted by Crippen LogP contribution is -2.09. The topological polar surface area (TPSA) is 86.9 Å². The zero-order valence-corrected chi connectivity index (χ0v) is 10.00. The average molecular weight is 237 g/mol. The van der Waals surface area contributed by atoms with Crippen molar-refractivity contribution in [3.63, 3.8) is 0 Å². The number of carboxylic acids is 1. The van der Waals surface area contributed by atoms with Crippen LogP contribution in [-0.2, 0) is 0 Å². The number of nitriles is 1. The maximum Gasteiger partial charge on any atom is 0.340 e. The van der Waals surface area contributed by atoms with Gasteiger partial charge in [-0.15, -0.1) is 0 Å². The van der Waals surface area contributed by atoms with E-state index in [1.165, 1.54) is 0 Å². The van der Waals surface area contributed by atoms with Gasteiger partial charge in [-0.2, -0.15) is 5.26 Å². The molecule has 0 aliphatic heterocycles. The molecule has 0 aliphatic rings. The minimum absolute atomic E-state index is 0.0812. The van der Waals surface area contributed by atoms with Crippen LogP contribution in [-0.4, -0.2) is 26.3 Å². The minimum atomic E-state index is -1.06. The molecule has 1 aromatic rings. The number of rotatable bonds is 3. The highest BCUT2D eigenvalue weighted by atomic mass is 32.2. The molecule has 0 saturated heterocycles. The first-order valence-electron chi connectivity index (χ1n) is 4.60. The predicted molar refractivity (Wildman–Crippen MR) is 59.4 cm³/mol. The van der Waals surface area contributed by atoms with Crippen LogP contribution in [0.3, 0.4) is 0 Å². The first-order chi connectivity index (χ1) is 7.45. The van der Waals surface area contributed by atoms with E-state index in [-0.39, 0.29) is 10.8 Å². The smallest absolute Gasteiger partial charge is 0.340 e. The fraction of sp³-hybridized carbons (Fsp3) is 0.400. The van der Waals surface area contributed by atoms with E-state index in [0.717, 1.165) is 11.8 Å². The Labute approximate surface area is 97.5 Å². The van der Waals surface area contributed by atoms with Crippen molar-refractivity contribution in [1.29, 1.82) is 5.26 Å². The molecule has 0 fully saturated rings. The van der Waals surface area contributed by atoms with Crippen LogP contribution in [0.2, 0.25) is 0 Å². The highest BCUT2D eigenvalue weighted by Crippen LogP contribution is 2.26. The van der Waals surface area contributed by atoms with Gasteiger partial charge in [0, 0.05) is 0 Å². The lowest BCUT2D eigenvalue weighted by Gasteiger charge is -2.08. The molecule has 0 bridgehead atoms. The summed E-state index contributed by atoms with van der Waals surface area (Å²) in [5.41, 5.74) is 0.505. The zero-order chi connectivity index (χ0) is 12.3. The van der Waals surface area contributed by atoms with E-state index in [1.54, 1.807) is 20.8 Å². The van der Waals surface area contributed by atoms with E-state index in [2.05, 4.69) is 9.97 Å². The number of nitrogens with zero attached hydrogens (tertiary/aromatic N) is 3. The fourth-order valence-corrected chi connectivity index (χ4v) is 2.13. The van der Waals surface area contributed by atoms with Crippen LogP contribution < -0.4 is 0 Å². The van der Waals surface area contributed by atoms with Crippen LogP contribution in [0, 0.1) is 25.2 Å². The van der Waals surface area contributed by atoms with Crippen molar-refractivity contribution in [1.82, 2.24) is 9.97 Å². The standard InChI is InChI=1S/C10H11N3O2S/c1-5(4-11)16-9-8(10(14)15)6(2)12-7(3)13-9/h5H,1-3H3,(H,14,15). The third kappa shape index (κ3) is 2.70. The molecule has 16 heavy (non-hydrogen) atoms. The van der Waals surface area contributed by atoms with Gasteiger partial charge in [-0.05, 0) is 20.8 Å². The summed E-state index contributed by atoms with van der Waals surface area (Å²) in [7, 11) is 0. The maximum absolute atomic E-state index is 11.0. The van der Waals surface area contributed by atoms with E-state index < -0.39 is 5.97 Å². The van der Waals surface area contributed by atoms with Gasteiger partial charge in [0.2, 0.25) is 0 Å². The maximum atomic E-state index is 11.0. The van der Waals surface area contributed by atoms with Crippen LogP contribution in [0.4, 0.5) is 0 Å². The number of hydrogen-bond donors (Lipinski definition) is 1. The summed E-state index contributed by atoms with van der Waals surface area (Å²) >= 11 is 1.13. The minimum Gasteiger partial charge on any atom is -0.478 e. The highest BCUT2D eigenvalue weighted by molar-refractivity contribution is 8.00. The third-order valence-electron chi connectivity index (χ3n) is 1.85. The van der Waals surface area contributed by atoms with Gasteiger partial charge < -0.3 is 5.11 Å². The second kappa shape index (κ2) is 4.94. The molecule has 1 rings (SSSR count).